The van der Waals surface area contributed by atoms with Crippen LogP contribution < -0.4 is 0 Å². The van der Waals surface area contributed by atoms with Crippen LogP contribution in [0.1, 0.15) is 44.4 Å². The van der Waals surface area contributed by atoms with Crippen LogP contribution in [0.3, 0.4) is 0 Å². The van der Waals surface area contributed by atoms with E-state index in [9.17, 15) is 8.78 Å². The second-order valence-corrected chi connectivity index (χ2v) is 9.14. The van der Waals surface area contributed by atoms with Crippen LogP contribution in [0.4, 0.5) is 8.78 Å². The third-order valence-electron chi connectivity index (χ3n) is 6.47. The average molecular weight is 393 g/mol. The summed E-state index contributed by atoms with van der Waals surface area (Å²) in [5, 5.41) is 1.47. The Morgan fingerprint density at radius 1 is 1.10 bits per heavy atom. The molecule has 4 aromatic rings. The zero-order chi connectivity index (χ0) is 20.2. The minimum Gasteiger partial charge on any atom is -0.428 e. The lowest BCUT2D eigenvalue weighted by atomic mass is 9.74. The Labute approximate surface area is 168 Å². The number of rotatable bonds is 6. The molecule has 1 aliphatic carbocycles. The molecule has 0 spiro atoms. The monoisotopic (exact) mass is 393 g/mol. The fourth-order valence-electron chi connectivity index (χ4n) is 4.86. The number of hydrogen-bond donors (Lipinski definition) is 1. The number of nitrogens with one attached hydrogen (secondary N) is 1. The minimum absolute atomic E-state index is 0.228. The molecule has 0 radical (unpaired) electrons. The van der Waals surface area contributed by atoms with E-state index < -0.39 is 11.8 Å². The molecule has 150 valence electrons. The summed E-state index contributed by atoms with van der Waals surface area (Å²) in [5.74, 6) is 0.331. The summed E-state index contributed by atoms with van der Waals surface area (Å²) >= 11 is 0. The van der Waals surface area contributed by atoms with Gasteiger partial charge in [-0.1, -0.05) is 44.2 Å². The van der Waals surface area contributed by atoms with E-state index in [1.165, 1.54) is 29.4 Å². The van der Waals surface area contributed by atoms with Gasteiger partial charge < -0.3 is 9.40 Å². The molecule has 29 heavy (non-hydrogen) atoms. The smallest absolute Gasteiger partial charge is 0.315 e. The molecule has 0 aliphatic heterocycles. The number of aromatic nitrogens is 1. The maximum Gasteiger partial charge on any atom is 0.315 e. The zero-order valence-electron chi connectivity index (χ0n) is 16.8. The van der Waals surface area contributed by atoms with Crippen LogP contribution in [0.15, 0.2) is 52.9 Å². The van der Waals surface area contributed by atoms with Gasteiger partial charge in [0.2, 0.25) is 5.82 Å². The second kappa shape index (κ2) is 6.72. The van der Waals surface area contributed by atoms with Crippen molar-refractivity contribution in [3.05, 3.63) is 71.6 Å². The van der Waals surface area contributed by atoms with Gasteiger partial charge in [0.05, 0.1) is 5.39 Å². The third-order valence-corrected chi connectivity index (χ3v) is 6.47. The molecule has 2 nitrogen and oxygen atoms in total. The first-order chi connectivity index (χ1) is 13.9. The Kier molecular flexibility index (Phi) is 4.27. The number of benzene rings is 2. The summed E-state index contributed by atoms with van der Waals surface area (Å²) in [6.07, 6.45) is 4.44. The Balaban J connectivity index is 1.45. The van der Waals surface area contributed by atoms with E-state index in [1.807, 2.05) is 12.1 Å². The van der Waals surface area contributed by atoms with Gasteiger partial charge in [-0.2, -0.15) is 8.78 Å². The largest absolute Gasteiger partial charge is 0.428 e. The highest BCUT2D eigenvalue weighted by Crippen LogP contribution is 2.46. The molecule has 1 fully saturated rings. The summed E-state index contributed by atoms with van der Waals surface area (Å²) in [5.41, 5.74) is 3.39. The Hall–Kier alpha value is -2.62. The predicted molar refractivity (Wildman–Crippen MR) is 112 cm³/mol. The van der Waals surface area contributed by atoms with Crippen molar-refractivity contribution in [1.82, 2.24) is 4.98 Å². The van der Waals surface area contributed by atoms with Gasteiger partial charge in [0.1, 0.15) is 5.58 Å². The number of aromatic amines is 1. The van der Waals surface area contributed by atoms with Crippen LogP contribution >= 0.6 is 0 Å². The first-order valence-corrected chi connectivity index (χ1v) is 10.4. The van der Waals surface area contributed by atoms with Gasteiger partial charge in [-0.3, -0.25) is 0 Å². The molecular weight excluding hydrogens is 368 g/mol. The van der Waals surface area contributed by atoms with Crippen LogP contribution in [0.5, 0.6) is 0 Å². The number of furan rings is 1. The molecule has 0 saturated heterocycles. The normalized spacial score (nSPS) is 16.0. The van der Waals surface area contributed by atoms with E-state index in [4.69, 9.17) is 4.42 Å². The summed E-state index contributed by atoms with van der Waals surface area (Å²) in [7, 11) is 0. The van der Waals surface area contributed by atoms with Gasteiger partial charge in [-0.15, -0.1) is 0 Å². The Morgan fingerprint density at radius 2 is 1.90 bits per heavy atom. The molecule has 1 N–H and O–H groups in total. The van der Waals surface area contributed by atoms with E-state index >= 15 is 0 Å². The molecule has 1 aliphatic rings. The maximum absolute atomic E-state index is 14.0. The summed E-state index contributed by atoms with van der Waals surface area (Å²) in [4.78, 5) is 3.56. The number of fused-ring (bicyclic) bond motifs is 2. The molecule has 0 bridgehead atoms. The highest BCUT2D eigenvalue weighted by molar-refractivity contribution is 5.82. The summed E-state index contributed by atoms with van der Waals surface area (Å²) < 4.78 is 33.0. The molecule has 4 heteroatoms. The van der Waals surface area contributed by atoms with Gasteiger partial charge in [0.15, 0.2) is 0 Å². The van der Waals surface area contributed by atoms with Gasteiger partial charge in [0, 0.05) is 16.8 Å². The maximum atomic E-state index is 14.0. The summed E-state index contributed by atoms with van der Waals surface area (Å²) in [6, 6.07) is 14.8. The van der Waals surface area contributed by atoms with E-state index in [0.29, 0.717) is 17.4 Å². The van der Waals surface area contributed by atoms with Crippen molar-refractivity contribution in [2.24, 2.45) is 11.8 Å². The van der Waals surface area contributed by atoms with E-state index in [2.05, 4.69) is 43.1 Å². The third kappa shape index (κ3) is 3.35. The van der Waals surface area contributed by atoms with E-state index in [-0.39, 0.29) is 10.8 Å². The molecule has 2 heterocycles. The van der Waals surface area contributed by atoms with Crippen molar-refractivity contribution in [3.8, 4) is 0 Å². The number of hydrogen-bond acceptors (Lipinski definition) is 1. The lowest BCUT2D eigenvalue weighted by molar-refractivity contribution is 0.316. The first-order valence-electron chi connectivity index (χ1n) is 10.4. The molecule has 1 saturated carbocycles. The zero-order valence-corrected chi connectivity index (χ0v) is 16.8. The SMILES string of the molecule is CC(C)(CC(Cc1cc2ccccc2[nH]1)C1CC1)c1cccc2c(F)c(F)oc12. The first kappa shape index (κ1) is 18.4. The van der Waals surface area contributed by atoms with E-state index in [1.54, 1.807) is 12.1 Å². The van der Waals surface area contributed by atoms with Gasteiger partial charge in [-0.25, -0.2) is 0 Å². The van der Waals surface area contributed by atoms with E-state index in [0.717, 1.165) is 18.4 Å². The fourth-order valence-corrected chi connectivity index (χ4v) is 4.86. The highest BCUT2D eigenvalue weighted by atomic mass is 19.2. The van der Waals surface area contributed by atoms with Crippen LogP contribution in [-0.4, -0.2) is 4.98 Å². The predicted octanol–water partition coefficient (Wildman–Crippen LogP) is 7.13. The fraction of sp³-hybridized carbons (Fsp3) is 0.360. The quantitative estimate of drug-likeness (QED) is 0.371. The van der Waals surface area contributed by atoms with Crippen molar-refractivity contribution < 1.29 is 13.2 Å². The number of halogens is 2. The van der Waals surface area contributed by atoms with Gasteiger partial charge in [0.25, 0.3) is 0 Å². The van der Waals surface area contributed by atoms with Crippen molar-refractivity contribution in [3.63, 3.8) is 0 Å². The Morgan fingerprint density at radius 3 is 2.66 bits per heavy atom. The molecule has 2 aromatic carbocycles. The van der Waals surface area contributed by atoms with Crippen molar-refractivity contribution in [1.29, 1.82) is 0 Å². The van der Waals surface area contributed by atoms with Crippen molar-refractivity contribution in [2.45, 2.75) is 44.9 Å². The lowest BCUT2D eigenvalue weighted by Crippen LogP contribution is -2.24. The molecule has 5 rings (SSSR count). The Bertz CT molecular complexity index is 1150. The van der Waals surface area contributed by atoms with Crippen molar-refractivity contribution >= 4 is 21.9 Å². The van der Waals surface area contributed by atoms with Gasteiger partial charge in [-0.05, 0) is 66.5 Å². The number of H-pyrrole nitrogens is 1. The minimum atomic E-state index is -1.12. The molecule has 2 aromatic heterocycles. The van der Waals surface area contributed by atoms with Gasteiger partial charge >= 0.3 is 6.01 Å². The van der Waals surface area contributed by atoms with Crippen molar-refractivity contribution in [2.75, 3.05) is 0 Å². The van der Waals surface area contributed by atoms with Crippen LogP contribution in [-0.2, 0) is 11.8 Å². The van der Waals surface area contributed by atoms with Crippen LogP contribution in [0.2, 0.25) is 0 Å². The topological polar surface area (TPSA) is 28.9 Å². The molecule has 1 unspecified atom stereocenters. The standard InChI is InChI=1S/C25H25F2NO/c1-25(2,20-8-5-7-19-22(26)24(27)29-23(19)20)14-17(15-10-11-15)13-18-12-16-6-3-4-9-21(16)28-18/h3-9,12,15,17,28H,10-11,13-14H2,1-2H3. The summed E-state index contributed by atoms with van der Waals surface area (Å²) in [6.45, 7) is 4.31. The highest BCUT2D eigenvalue weighted by Gasteiger charge is 2.37. The molecular formula is C25H25F2NO. The molecule has 0 amide bonds. The van der Waals surface area contributed by atoms with Crippen LogP contribution in [0, 0.1) is 23.7 Å². The van der Waals surface area contributed by atoms with Crippen LogP contribution in [0.25, 0.3) is 21.9 Å². The molecule has 1 atom stereocenters. The lowest BCUT2D eigenvalue weighted by Gasteiger charge is -2.30. The second-order valence-electron chi connectivity index (χ2n) is 9.14. The average Bonchev–Trinajstić information content (AvgIpc) is 3.40. The number of para-hydroxylation sites is 2.